The monoisotopic (exact) mass is 298 g/mol. The molecule has 0 radical (unpaired) electrons. The quantitative estimate of drug-likeness (QED) is 0.806. The van der Waals surface area contributed by atoms with Crippen LogP contribution in [-0.2, 0) is 12.6 Å². The smallest absolute Gasteiger partial charge is 0.310 e. The van der Waals surface area contributed by atoms with Gasteiger partial charge >= 0.3 is 6.18 Å². The number of H-pyrrole nitrogens is 1. The fourth-order valence-electron chi connectivity index (χ4n) is 2.17. The van der Waals surface area contributed by atoms with Crippen LogP contribution < -0.4 is 5.32 Å². The van der Waals surface area contributed by atoms with Crippen molar-refractivity contribution in [2.45, 2.75) is 32.0 Å². The van der Waals surface area contributed by atoms with E-state index >= 15 is 0 Å². The first-order valence-electron chi connectivity index (χ1n) is 6.72. The Hall–Kier alpha value is -1.89. The Kier molecular flexibility index (Phi) is 4.95. The van der Waals surface area contributed by atoms with Crippen molar-refractivity contribution in [3.8, 4) is 0 Å². The number of halogens is 3. The van der Waals surface area contributed by atoms with Crippen LogP contribution in [0.4, 0.5) is 13.2 Å². The van der Waals surface area contributed by atoms with Crippen molar-refractivity contribution >= 4 is 0 Å². The lowest BCUT2D eigenvalue weighted by atomic mass is 10.0. The maximum atomic E-state index is 12.9. The Morgan fingerprint density at radius 1 is 1.29 bits per heavy atom. The second kappa shape index (κ2) is 6.71. The molecule has 0 amide bonds. The number of nitrogens with one attached hydrogen (secondary N) is 2. The molecular weight excluding hydrogens is 281 g/mol. The van der Waals surface area contributed by atoms with Gasteiger partial charge in [0.05, 0.1) is 5.56 Å². The van der Waals surface area contributed by atoms with Gasteiger partial charge in [0.1, 0.15) is 12.2 Å². The predicted octanol–water partition coefficient (Wildman–Crippen LogP) is 3.11. The Morgan fingerprint density at radius 2 is 2.05 bits per heavy atom. The molecule has 1 heterocycles. The highest BCUT2D eigenvalue weighted by atomic mass is 19.4. The molecule has 0 aliphatic carbocycles. The number of aryl methyl sites for hydroxylation is 1. The first-order chi connectivity index (χ1) is 9.98. The summed E-state index contributed by atoms with van der Waals surface area (Å²) in [6.45, 7) is 2.34. The molecule has 0 saturated heterocycles. The summed E-state index contributed by atoms with van der Waals surface area (Å²) in [5.74, 6) is 0.778. The van der Waals surface area contributed by atoms with Gasteiger partial charge in [-0.2, -0.15) is 18.3 Å². The van der Waals surface area contributed by atoms with Gasteiger partial charge in [0.2, 0.25) is 0 Å². The maximum absolute atomic E-state index is 12.9. The van der Waals surface area contributed by atoms with Crippen molar-refractivity contribution in [2.24, 2.45) is 0 Å². The molecule has 1 unspecified atom stereocenters. The second-order valence-electron chi connectivity index (χ2n) is 4.80. The van der Waals surface area contributed by atoms with Gasteiger partial charge in [0, 0.05) is 12.5 Å². The highest BCUT2D eigenvalue weighted by Gasteiger charge is 2.33. The first-order valence-corrected chi connectivity index (χ1v) is 6.72. The average Bonchev–Trinajstić information content (AvgIpc) is 2.95. The molecule has 114 valence electrons. The lowest BCUT2D eigenvalue weighted by molar-refractivity contribution is -0.138. The van der Waals surface area contributed by atoms with E-state index in [0.717, 1.165) is 18.3 Å². The number of nitrogens with zero attached hydrogens (tertiary/aromatic N) is 2. The molecule has 2 N–H and O–H groups in total. The molecule has 2 rings (SSSR count). The summed E-state index contributed by atoms with van der Waals surface area (Å²) in [5.41, 5.74) is -0.315. The number of alkyl halides is 3. The van der Waals surface area contributed by atoms with E-state index in [0.29, 0.717) is 13.0 Å². The topological polar surface area (TPSA) is 53.6 Å². The molecule has 4 nitrogen and oxygen atoms in total. The van der Waals surface area contributed by atoms with E-state index in [9.17, 15) is 13.2 Å². The molecule has 1 aromatic carbocycles. The highest BCUT2D eigenvalue weighted by Crippen LogP contribution is 2.34. The fourth-order valence-corrected chi connectivity index (χ4v) is 2.17. The summed E-state index contributed by atoms with van der Waals surface area (Å²) in [6.07, 6.45) is -1.41. The van der Waals surface area contributed by atoms with Crippen LogP contribution in [0.25, 0.3) is 0 Å². The minimum atomic E-state index is -4.33. The van der Waals surface area contributed by atoms with Crippen LogP contribution in [-0.4, -0.2) is 21.7 Å². The Morgan fingerprint density at radius 3 is 2.71 bits per heavy atom. The van der Waals surface area contributed by atoms with Crippen molar-refractivity contribution in [3.05, 3.63) is 47.5 Å². The van der Waals surface area contributed by atoms with E-state index in [4.69, 9.17) is 0 Å². The molecule has 0 aliphatic heterocycles. The zero-order chi connectivity index (χ0) is 15.3. The van der Waals surface area contributed by atoms with E-state index < -0.39 is 11.7 Å². The van der Waals surface area contributed by atoms with Gasteiger partial charge in [-0.25, -0.2) is 4.98 Å². The van der Waals surface area contributed by atoms with Crippen molar-refractivity contribution in [3.63, 3.8) is 0 Å². The van der Waals surface area contributed by atoms with Crippen molar-refractivity contribution in [1.29, 1.82) is 0 Å². The van der Waals surface area contributed by atoms with Crippen molar-refractivity contribution in [2.75, 3.05) is 6.54 Å². The van der Waals surface area contributed by atoms with Crippen LogP contribution in [0.15, 0.2) is 30.6 Å². The molecule has 0 aliphatic rings. The SMILES string of the molecule is CC(NCCCc1ncn[nH]1)c1ccccc1C(F)(F)F. The van der Waals surface area contributed by atoms with Crippen LogP contribution in [0.1, 0.15) is 36.3 Å². The normalized spacial score (nSPS) is 13.3. The Labute approximate surface area is 120 Å². The minimum absolute atomic E-state index is 0.268. The molecule has 21 heavy (non-hydrogen) atoms. The molecule has 0 fully saturated rings. The largest absolute Gasteiger partial charge is 0.416 e. The summed E-state index contributed by atoms with van der Waals surface area (Å²) in [5, 5.41) is 9.60. The van der Waals surface area contributed by atoms with Crippen LogP contribution in [0.3, 0.4) is 0 Å². The summed E-state index contributed by atoms with van der Waals surface area (Å²) in [4.78, 5) is 3.99. The molecule has 0 bridgehead atoms. The van der Waals surface area contributed by atoms with E-state index in [-0.39, 0.29) is 11.6 Å². The molecule has 7 heteroatoms. The maximum Gasteiger partial charge on any atom is 0.416 e. The molecule has 1 aromatic heterocycles. The molecule has 2 aromatic rings. The van der Waals surface area contributed by atoms with E-state index in [2.05, 4.69) is 20.5 Å². The third kappa shape index (κ3) is 4.29. The van der Waals surface area contributed by atoms with Gasteiger partial charge in [0.25, 0.3) is 0 Å². The summed E-state index contributed by atoms with van der Waals surface area (Å²) >= 11 is 0. The van der Waals surface area contributed by atoms with Crippen LogP contribution in [0.2, 0.25) is 0 Å². The molecular formula is C14H17F3N4. The van der Waals surface area contributed by atoms with Crippen LogP contribution in [0.5, 0.6) is 0 Å². The number of benzene rings is 1. The Bertz CT molecular complexity index is 552. The van der Waals surface area contributed by atoms with Gasteiger partial charge in [-0.3, -0.25) is 5.10 Å². The number of aromatic amines is 1. The Balaban J connectivity index is 1.90. The standard InChI is InChI=1S/C14H17F3N4/c1-10(18-8-4-7-13-19-9-20-21-13)11-5-2-3-6-12(11)14(15,16)17/h2-3,5-6,9-10,18H,4,7-8H2,1H3,(H,19,20,21). The van der Waals surface area contributed by atoms with Crippen molar-refractivity contribution in [1.82, 2.24) is 20.5 Å². The first kappa shape index (κ1) is 15.5. The zero-order valence-corrected chi connectivity index (χ0v) is 11.6. The highest BCUT2D eigenvalue weighted by molar-refractivity contribution is 5.32. The van der Waals surface area contributed by atoms with E-state index in [1.54, 1.807) is 13.0 Å². The van der Waals surface area contributed by atoms with Gasteiger partial charge < -0.3 is 5.32 Å². The average molecular weight is 298 g/mol. The summed E-state index contributed by atoms with van der Waals surface area (Å²) in [7, 11) is 0. The van der Waals surface area contributed by atoms with Gasteiger partial charge in [-0.15, -0.1) is 0 Å². The predicted molar refractivity (Wildman–Crippen MR) is 72.6 cm³/mol. The second-order valence-corrected chi connectivity index (χ2v) is 4.80. The number of hydrogen-bond donors (Lipinski definition) is 2. The zero-order valence-electron chi connectivity index (χ0n) is 11.6. The number of aromatic nitrogens is 3. The molecule has 0 saturated carbocycles. The number of hydrogen-bond acceptors (Lipinski definition) is 3. The summed E-state index contributed by atoms with van der Waals surface area (Å²) in [6, 6.07) is 5.29. The minimum Gasteiger partial charge on any atom is -0.310 e. The molecule has 1 atom stereocenters. The van der Waals surface area contributed by atoms with Gasteiger partial charge in [-0.05, 0) is 31.5 Å². The fraction of sp³-hybridized carbons (Fsp3) is 0.429. The van der Waals surface area contributed by atoms with E-state index in [1.165, 1.54) is 18.5 Å². The van der Waals surface area contributed by atoms with Gasteiger partial charge in [0.15, 0.2) is 0 Å². The van der Waals surface area contributed by atoms with Crippen molar-refractivity contribution < 1.29 is 13.2 Å². The van der Waals surface area contributed by atoms with Crippen LogP contribution >= 0.6 is 0 Å². The lowest BCUT2D eigenvalue weighted by Gasteiger charge is -2.19. The van der Waals surface area contributed by atoms with Crippen LogP contribution in [0, 0.1) is 0 Å². The lowest BCUT2D eigenvalue weighted by Crippen LogP contribution is -2.23. The third-order valence-corrected chi connectivity index (χ3v) is 3.24. The molecule has 0 spiro atoms. The number of rotatable bonds is 6. The summed E-state index contributed by atoms with van der Waals surface area (Å²) < 4.78 is 38.8. The van der Waals surface area contributed by atoms with Gasteiger partial charge in [-0.1, -0.05) is 18.2 Å². The van der Waals surface area contributed by atoms with E-state index in [1.807, 2.05) is 0 Å². The third-order valence-electron chi connectivity index (χ3n) is 3.24.